The third-order valence-electron chi connectivity index (χ3n) is 2.92. The number of hydrogen-bond acceptors (Lipinski definition) is 4. The first-order valence-corrected chi connectivity index (χ1v) is 5.63. The molecule has 4 N–H and O–H groups in total. The van der Waals surface area contributed by atoms with Gasteiger partial charge in [0.1, 0.15) is 22.7 Å². The number of hydrogen-bond donors (Lipinski definition) is 3. The standard InChI is InChI=1S/C12H13FN2O4/c13-7-2-1-3-8(10(7)11(14)18)19-12(4-9(16)17)5-15-6-12/h1-3,15H,4-6H2,(H2,14,18)(H,16,17). The minimum absolute atomic E-state index is 0.0322. The summed E-state index contributed by atoms with van der Waals surface area (Å²) in [5.74, 6) is -2.80. The number of carboxylic acid groups (broad SMARTS) is 1. The maximum absolute atomic E-state index is 13.5. The molecule has 1 aromatic rings. The zero-order valence-corrected chi connectivity index (χ0v) is 9.98. The molecule has 0 bridgehead atoms. The first kappa shape index (κ1) is 13.3. The lowest BCUT2D eigenvalue weighted by atomic mass is 9.92. The van der Waals surface area contributed by atoms with E-state index >= 15 is 0 Å². The molecule has 0 saturated carbocycles. The van der Waals surface area contributed by atoms with E-state index < -0.39 is 23.3 Å². The Kier molecular flexibility index (Phi) is 3.39. The van der Waals surface area contributed by atoms with Gasteiger partial charge in [0.05, 0.1) is 6.42 Å². The van der Waals surface area contributed by atoms with E-state index in [-0.39, 0.29) is 17.7 Å². The van der Waals surface area contributed by atoms with E-state index in [1.165, 1.54) is 12.1 Å². The summed E-state index contributed by atoms with van der Waals surface area (Å²) in [5.41, 5.74) is 3.77. The fourth-order valence-corrected chi connectivity index (χ4v) is 1.97. The molecule has 1 aliphatic heterocycles. The van der Waals surface area contributed by atoms with Crippen LogP contribution in [0.1, 0.15) is 16.8 Å². The van der Waals surface area contributed by atoms with E-state index in [1.807, 2.05) is 0 Å². The Morgan fingerprint density at radius 3 is 2.63 bits per heavy atom. The number of carboxylic acids is 1. The summed E-state index contributed by atoms with van der Waals surface area (Å²) >= 11 is 0. The molecule has 7 heteroatoms. The predicted octanol–water partition coefficient (Wildman–Crippen LogP) is 0.120. The Hall–Kier alpha value is -2.15. The van der Waals surface area contributed by atoms with Gasteiger partial charge in [-0.1, -0.05) is 6.07 Å². The van der Waals surface area contributed by atoms with Crippen molar-refractivity contribution in [3.63, 3.8) is 0 Å². The zero-order valence-electron chi connectivity index (χ0n) is 9.98. The lowest BCUT2D eigenvalue weighted by Gasteiger charge is -2.41. The zero-order chi connectivity index (χ0) is 14.0. The number of ether oxygens (including phenoxy) is 1. The predicted molar refractivity (Wildman–Crippen MR) is 63.4 cm³/mol. The number of amides is 1. The number of carbonyl (C=O) groups is 2. The van der Waals surface area contributed by atoms with Crippen molar-refractivity contribution in [1.82, 2.24) is 5.32 Å². The average molecular weight is 268 g/mol. The van der Waals surface area contributed by atoms with Crippen LogP contribution in [0.15, 0.2) is 18.2 Å². The first-order valence-electron chi connectivity index (χ1n) is 5.63. The van der Waals surface area contributed by atoms with Crippen LogP contribution in [0.4, 0.5) is 4.39 Å². The van der Waals surface area contributed by atoms with Gasteiger partial charge in [-0.05, 0) is 12.1 Å². The molecule has 0 atom stereocenters. The third kappa shape index (κ3) is 2.65. The molecule has 1 aromatic carbocycles. The van der Waals surface area contributed by atoms with Crippen molar-refractivity contribution in [2.24, 2.45) is 5.73 Å². The minimum Gasteiger partial charge on any atom is -0.483 e. The Labute approximate surface area is 108 Å². The van der Waals surface area contributed by atoms with Gasteiger partial charge in [0.15, 0.2) is 0 Å². The molecule has 1 fully saturated rings. The van der Waals surface area contributed by atoms with Gasteiger partial charge in [-0.25, -0.2) is 4.39 Å². The molecule has 0 spiro atoms. The Morgan fingerprint density at radius 2 is 2.16 bits per heavy atom. The van der Waals surface area contributed by atoms with E-state index in [0.717, 1.165) is 6.07 Å². The Morgan fingerprint density at radius 1 is 1.47 bits per heavy atom. The van der Waals surface area contributed by atoms with Crippen LogP contribution >= 0.6 is 0 Å². The fraction of sp³-hybridized carbons (Fsp3) is 0.333. The molecule has 2 rings (SSSR count). The summed E-state index contributed by atoms with van der Waals surface area (Å²) in [7, 11) is 0. The van der Waals surface area contributed by atoms with Crippen LogP contribution in [0.3, 0.4) is 0 Å². The number of primary amides is 1. The summed E-state index contributed by atoms with van der Waals surface area (Å²) in [4.78, 5) is 22.0. The highest BCUT2D eigenvalue weighted by Gasteiger charge is 2.42. The molecule has 1 heterocycles. The summed E-state index contributed by atoms with van der Waals surface area (Å²) < 4.78 is 19.1. The van der Waals surface area contributed by atoms with Crippen molar-refractivity contribution in [2.45, 2.75) is 12.0 Å². The highest BCUT2D eigenvalue weighted by Crippen LogP contribution is 2.29. The van der Waals surface area contributed by atoms with Crippen molar-refractivity contribution in [3.8, 4) is 5.75 Å². The third-order valence-corrected chi connectivity index (χ3v) is 2.92. The molecule has 0 radical (unpaired) electrons. The molecule has 1 saturated heterocycles. The van der Waals surface area contributed by atoms with E-state index in [9.17, 15) is 14.0 Å². The van der Waals surface area contributed by atoms with Gasteiger partial charge in [0.25, 0.3) is 5.91 Å². The van der Waals surface area contributed by atoms with E-state index in [4.69, 9.17) is 15.6 Å². The smallest absolute Gasteiger partial charge is 0.307 e. The quantitative estimate of drug-likeness (QED) is 0.704. The molecular formula is C12H13FN2O4. The number of nitrogens with one attached hydrogen (secondary N) is 1. The second kappa shape index (κ2) is 4.85. The largest absolute Gasteiger partial charge is 0.483 e. The second-order valence-electron chi connectivity index (χ2n) is 4.44. The van der Waals surface area contributed by atoms with Gasteiger partial charge in [-0.2, -0.15) is 0 Å². The summed E-state index contributed by atoms with van der Waals surface area (Å²) in [6.07, 6.45) is -0.241. The van der Waals surface area contributed by atoms with Crippen LogP contribution in [0, 0.1) is 5.82 Å². The Balaban J connectivity index is 2.30. The molecule has 6 nitrogen and oxygen atoms in total. The minimum atomic E-state index is -1.03. The van der Waals surface area contributed by atoms with Crippen LogP contribution in [-0.2, 0) is 4.79 Å². The van der Waals surface area contributed by atoms with E-state index in [1.54, 1.807) is 0 Å². The molecule has 0 aliphatic carbocycles. The molecule has 102 valence electrons. The van der Waals surface area contributed by atoms with Gasteiger partial charge < -0.3 is 20.9 Å². The molecule has 1 amide bonds. The van der Waals surface area contributed by atoms with Gasteiger partial charge in [0, 0.05) is 13.1 Å². The average Bonchev–Trinajstić information content (AvgIpc) is 2.24. The molecule has 0 unspecified atom stereocenters. The topological polar surface area (TPSA) is 102 Å². The van der Waals surface area contributed by atoms with Crippen molar-refractivity contribution in [2.75, 3.05) is 13.1 Å². The van der Waals surface area contributed by atoms with E-state index in [2.05, 4.69) is 5.32 Å². The summed E-state index contributed by atoms with van der Waals surface area (Å²) in [6.45, 7) is 0.627. The van der Waals surface area contributed by atoms with Crippen LogP contribution < -0.4 is 15.8 Å². The van der Waals surface area contributed by atoms with Crippen LogP contribution in [0.5, 0.6) is 5.75 Å². The van der Waals surface area contributed by atoms with Gasteiger partial charge in [-0.3, -0.25) is 9.59 Å². The lowest BCUT2D eigenvalue weighted by molar-refractivity contribution is -0.143. The molecule has 1 aliphatic rings. The number of carbonyl (C=O) groups excluding carboxylic acids is 1. The van der Waals surface area contributed by atoms with Crippen molar-refractivity contribution in [3.05, 3.63) is 29.6 Å². The van der Waals surface area contributed by atoms with Gasteiger partial charge in [0.2, 0.25) is 0 Å². The van der Waals surface area contributed by atoms with Gasteiger partial charge >= 0.3 is 5.97 Å². The fourth-order valence-electron chi connectivity index (χ4n) is 1.97. The van der Waals surface area contributed by atoms with E-state index in [0.29, 0.717) is 13.1 Å². The molecular weight excluding hydrogens is 255 g/mol. The normalized spacial score (nSPS) is 16.5. The first-order chi connectivity index (χ1) is 8.93. The monoisotopic (exact) mass is 268 g/mol. The maximum Gasteiger partial charge on any atom is 0.307 e. The number of aliphatic carboxylic acids is 1. The number of rotatable bonds is 5. The van der Waals surface area contributed by atoms with Crippen LogP contribution in [0.25, 0.3) is 0 Å². The molecule has 19 heavy (non-hydrogen) atoms. The SMILES string of the molecule is NC(=O)c1c(F)cccc1OC1(CC(=O)O)CNC1. The Bertz CT molecular complexity index is 528. The van der Waals surface area contributed by atoms with Crippen molar-refractivity contribution >= 4 is 11.9 Å². The molecule has 0 aromatic heterocycles. The summed E-state index contributed by atoms with van der Waals surface area (Å²) in [6, 6.07) is 3.86. The highest BCUT2D eigenvalue weighted by molar-refractivity contribution is 5.95. The lowest BCUT2D eigenvalue weighted by Crippen LogP contribution is -2.64. The van der Waals surface area contributed by atoms with Crippen LogP contribution in [-0.4, -0.2) is 35.7 Å². The van der Waals surface area contributed by atoms with Crippen molar-refractivity contribution in [1.29, 1.82) is 0 Å². The number of halogens is 1. The van der Waals surface area contributed by atoms with Crippen molar-refractivity contribution < 1.29 is 23.8 Å². The van der Waals surface area contributed by atoms with Crippen LogP contribution in [0.2, 0.25) is 0 Å². The van der Waals surface area contributed by atoms with Gasteiger partial charge in [-0.15, -0.1) is 0 Å². The number of nitrogens with two attached hydrogens (primary N) is 1. The second-order valence-corrected chi connectivity index (χ2v) is 4.44. The highest BCUT2D eigenvalue weighted by atomic mass is 19.1. The summed E-state index contributed by atoms with van der Waals surface area (Å²) in [5, 5.41) is 11.7. The number of benzene rings is 1. The maximum atomic E-state index is 13.5.